The summed E-state index contributed by atoms with van der Waals surface area (Å²) in [5.41, 5.74) is 9.56. The predicted molar refractivity (Wildman–Crippen MR) is 72.6 cm³/mol. The van der Waals surface area contributed by atoms with Gasteiger partial charge in [-0.3, -0.25) is 4.68 Å². The number of aliphatic hydroxyl groups is 1. The van der Waals surface area contributed by atoms with Crippen LogP contribution in [0.1, 0.15) is 55.6 Å². The Balaban J connectivity index is 2.26. The van der Waals surface area contributed by atoms with Crippen molar-refractivity contribution in [3.63, 3.8) is 0 Å². The van der Waals surface area contributed by atoms with Crippen molar-refractivity contribution in [3.05, 3.63) is 17.0 Å². The molecule has 1 aromatic heterocycles. The molecule has 1 aromatic rings. The second-order valence-electron chi connectivity index (χ2n) is 5.72. The standard InChI is InChI=1S/C14H25N3O/c1-4-13-10(2)16-17(11(13)3)12-6-5-7-14(15,8-12)9-18/h12,18H,4-9,15H2,1-3H3. The van der Waals surface area contributed by atoms with Gasteiger partial charge in [0.25, 0.3) is 0 Å². The largest absolute Gasteiger partial charge is 0.394 e. The minimum absolute atomic E-state index is 0.0729. The number of hydrogen-bond donors (Lipinski definition) is 2. The lowest BCUT2D eigenvalue weighted by Crippen LogP contribution is -2.48. The minimum Gasteiger partial charge on any atom is -0.394 e. The zero-order valence-electron chi connectivity index (χ0n) is 11.7. The van der Waals surface area contributed by atoms with Gasteiger partial charge in [0, 0.05) is 11.2 Å². The maximum absolute atomic E-state index is 9.44. The molecule has 2 rings (SSSR count). The Bertz CT molecular complexity index is 427. The molecule has 0 amide bonds. The van der Waals surface area contributed by atoms with E-state index in [9.17, 15) is 5.11 Å². The van der Waals surface area contributed by atoms with Crippen molar-refractivity contribution < 1.29 is 5.11 Å². The molecule has 2 unspecified atom stereocenters. The second kappa shape index (κ2) is 5.02. The van der Waals surface area contributed by atoms with Crippen LogP contribution in [0.15, 0.2) is 0 Å². The van der Waals surface area contributed by atoms with Gasteiger partial charge in [0.2, 0.25) is 0 Å². The van der Waals surface area contributed by atoms with Crippen molar-refractivity contribution in [2.24, 2.45) is 5.73 Å². The van der Waals surface area contributed by atoms with Gasteiger partial charge in [0.1, 0.15) is 0 Å². The summed E-state index contributed by atoms with van der Waals surface area (Å²) in [7, 11) is 0. The van der Waals surface area contributed by atoms with Crippen LogP contribution in [0.4, 0.5) is 0 Å². The van der Waals surface area contributed by atoms with Crippen LogP contribution in [0.2, 0.25) is 0 Å². The SMILES string of the molecule is CCc1c(C)nn(C2CCCC(N)(CO)C2)c1C. The first-order valence-electron chi connectivity index (χ1n) is 6.95. The van der Waals surface area contributed by atoms with Gasteiger partial charge in [0.15, 0.2) is 0 Å². The molecule has 1 heterocycles. The summed E-state index contributed by atoms with van der Waals surface area (Å²) in [5, 5.41) is 14.1. The van der Waals surface area contributed by atoms with Crippen molar-refractivity contribution in [3.8, 4) is 0 Å². The summed E-state index contributed by atoms with van der Waals surface area (Å²) in [5.74, 6) is 0. The van der Waals surface area contributed by atoms with E-state index in [4.69, 9.17) is 5.73 Å². The van der Waals surface area contributed by atoms with Crippen LogP contribution < -0.4 is 5.73 Å². The van der Waals surface area contributed by atoms with Crippen molar-refractivity contribution in [1.82, 2.24) is 9.78 Å². The van der Waals surface area contributed by atoms with E-state index >= 15 is 0 Å². The average Bonchev–Trinajstić information content (AvgIpc) is 2.64. The number of rotatable bonds is 3. The summed E-state index contributed by atoms with van der Waals surface area (Å²) in [6.45, 7) is 6.46. The normalized spacial score (nSPS) is 28.6. The van der Waals surface area contributed by atoms with E-state index in [1.54, 1.807) is 0 Å². The van der Waals surface area contributed by atoms with E-state index < -0.39 is 5.54 Å². The van der Waals surface area contributed by atoms with Crippen LogP contribution in [0, 0.1) is 13.8 Å². The summed E-state index contributed by atoms with van der Waals surface area (Å²) >= 11 is 0. The molecule has 1 saturated carbocycles. The number of nitrogens with zero attached hydrogens (tertiary/aromatic N) is 2. The highest BCUT2D eigenvalue weighted by Gasteiger charge is 2.34. The summed E-state index contributed by atoms with van der Waals surface area (Å²) in [6.07, 6.45) is 4.96. The molecule has 4 nitrogen and oxygen atoms in total. The third kappa shape index (κ3) is 2.31. The number of hydrogen-bond acceptors (Lipinski definition) is 3. The predicted octanol–water partition coefficient (Wildman–Crippen LogP) is 1.87. The van der Waals surface area contributed by atoms with Gasteiger partial charge in [-0.25, -0.2) is 0 Å². The third-order valence-electron chi connectivity index (χ3n) is 4.34. The fourth-order valence-corrected chi connectivity index (χ4v) is 3.28. The van der Waals surface area contributed by atoms with Gasteiger partial charge in [-0.1, -0.05) is 6.92 Å². The molecule has 0 bridgehead atoms. The zero-order valence-corrected chi connectivity index (χ0v) is 11.7. The van der Waals surface area contributed by atoms with E-state index in [2.05, 4.69) is 30.6 Å². The molecule has 0 aromatic carbocycles. The van der Waals surface area contributed by atoms with Crippen LogP contribution in [-0.2, 0) is 6.42 Å². The Kier molecular flexibility index (Phi) is 3.78. The third-order valence-corrected chi connectivity index (χ3v) is 4.34. The van der Waals surface area contributed by atoms with Crippen LogP contribution in [0.5, 0.6) is 0 Å². The highest BCUT2D eigenvalue weighted by Crippen LogP contribution is 2.35. The summed E-state index contributed by atoms with van der Waals surface area (Å²) < 4.78 is 2.14. The first-order valence-corrected chi connectivity index (χ1v) is 6.95. The first-order chi connectivity index (χ1) is 8.50. The fourth-order valence-electron chi connectivity index (χ4n) is 3.28. The van der Waals surface area contributed by atoms with Gasteiger partial charge >= 0.3 is 0 Å². The molecule has 1 aliphatic rings. The topological polar surface area (TPSA) is 64.1 Å². The maximum Gasteiger partial charge on any atom is 0.0628 e. The van der Waals surface area contributed by atoms with Gasteiger partial charge in [-0.05, 0) is 51.5 Å². The van der Waals surface area contributed by atoms with Gasteiger partial charge in [-0.2, -0.15) is 5.10 Å². The van der Waals surface area contributed by atoms with Crippen LogP contribution >= 0.6 is 0 Å². The van der Waals surface area contributed by atoms with E-state index in [1.807, 2.05) is 0 Å². The molecule has 0 radical (unpaired) electrons. The fraction of sp³-hybridized carbons (Fsp3) is 0.786. The zero-order chi connectivity index (χ0) is 13.3. The smallest absolute Gasteiger partial charge is 0.0628 e. The molecule has 3 N–H and O–H groups in total. The molecule has 0 saturated heterocycles. The Hall–Kier alpha value is -0.870. The van der Waals surface area contributed by atoms with E-state index in [-0.39, 0.29) is 6.61 Å². The molecule has 18 heavy (non-hydrogen) atoms. The van der Waals surface area contributed by atoms with Crippen LogP contribution in [-0.4, -0.2) is 27.0 Å². The monoisotopic (exact) mass is 251 g/mol. The van der Waals surface area contributed by atoms with Crippen molar-refractivity contribution in [2.45, 2.75) is 64.5 Å². The van der Waals surface area contributed by atoms with E-state index in [0.29, 0.717) is 6.04 Å². The molecule has 0 spiro atoms. The highest BCUT2D eigenvalue weighted by atomic mass is 16.3. The molecule has 2 atom stereocenters. The molecule has 1 aliphatic carbocycles. The van der Waals surface area contributed by atoms with Gasteiger partial charge < -0.3 is 10.8 Å². The molecule has 1 fully saturated rings. The minimum atomic E-state index is -0.415. The Morgan fingerprint density at radius 2 is 2.22 bits per heavy atom. The van der Waals surface area contributed by atoms with Gasteiger partial charge in [-0.15, -0.1) is 0 Å². The number of nitrogens with two attached hydrogens (primary N) is 1. The molecule has 102 valence electrons. The van der Waals surface area contributed by atoms with E-state index in [0.717, 1.165) is 37.8 Å². The Morgan fingerprint density at radius 3 is 2.78 bits per heavy atom. The Morgan fingerprint density at radius 1 is 1.50 bits per heavy atom. The highest BCUT2D eigenvalue weighted by molar-refractivity contribution is 5.25. The number of aliphatic hydroxyl groups excluding tert-OH is 1. The van der Waals surface area contributed by atoms with E-state index in [1.165, 1.54) is 11.3 Å². The molecular weight excluding hydrogens is 226 g/mol. The van der Waals surface area contributed by atoms with Crippen LogP contribution in [0.3, 0.4) is 0 Å². The number of aromatic nitrogens is 2. The average molecular weight is 251 g/mol. The van der Waals surface area contributed by atoms with Crippen molar-refractivity contribution in [1.29, 1.82) is 0 Å². The lowest BCUT2D eigenvalue weighted by Gasteiger charge is -2.37. The summed E-state index contributed by atoms with van der Waals surface area (Å²) in [6, 6.07) is 0.342. The van der Waals surface area contributed by atoms with Crippen molar-refractivity contribution >= 4 is 0 Å². The van der Waals surface area contributed by atoms with Gasteiger partial charge in [0.05, 0.1) is 18.3 Å². The Labute approximate surface area is 109 Å². The molecular formula is C14H25N3O. The number of aryl methyl sites for hydroxylation is 1. The lowest BCUT2D eigenvalue weighted by molar-refractivity contribution is 0.126. The van der Waals surface area contributed by atoms with Crippen LogP contribution in [0.25, 0.3) is 0 Å². The molecule has 0 aliphatic heterocycles. The lowest BCUT2D eigenvalue weighted by atomic mass is 9.80. The molecule has 4 heteroatoms. The quantitative estimate of drug-likeness (QED) is 0.862. The first kappa shape index (κ1) is 13.6. The second-order valence-corrected chi connectivity index (χ2v) is 5.72. The van der Waals surface area contributed by atoms with Crippen molar-refractivity contribution in [2.75, 3.05) is 6.61 Å². The maximum atomic E-state index is 9.44. The summed E-state index contributed by atoms with van der Waals surface area (Å²) in [4.78, 5) is 0.